The van der Waals surface area contributed by atoms with Gasteiger partial charge in [-0.05, 0) is 37.7 Å². The number of benzene rings is 1. The fraction of sp³-hybridized carbons (Fsp3) is 0.462. The fourth-order valence-electron chi connectivity index (χ4n) is 1.89. The van der Waals surface area contributed by atoms with Crippen LogP contribution in [0.3, 0.4) is 0 Å². The summed E-state index contributed by atoms with van der Waals surface area (Å²) in [6.45, 7) is 9.74. The quantitative estimate of drug-likeness (QED) is 0.805. The summed E-state index contributed by atoms with van der Waals surface area (Å²) in [5.74, 6) is 0. The Bertz CT molecular complexity index is 472. The summed E-state index contributed by atoms with van der Waals surface area (Å²) in [5, 5.41) is 1.15. The average Bonchev–Trinajstić information content (AvgIpc) is 2.65. The minimum absolute atomic E-state index is 1.04. The van der Waals surface area contributed by atoms with Gasteiger partial charge in [-0.2, -0.15) is 0 Å². The van der Waals surface area contributed by atoms with Crippen molar-refractivity contribution in [3.63, 3.8) is 0 Å². The van der Waals surface area contributed by atoms with E-state index in [1.807, 2.05) is 0 Å². The molecule has 2 rings (SSSR count). The van der Waals surface area contributed by atoms with E-state index in [-0.39, 0.29) is 0 Å². The number of aryl methyl sites for hydroxylation is 1. The van der Waals surface area contributed by atoms with Crippen molar-refractivity contribution >= 4 is 21.6 Å². The maximum Gasteiger partial charge on any atom is 0.0907 e. The van der Waals surface area contributed by atoms with Gasteiger partial charge < -0.3 is 0 Å². The minimum Gasteiger partial charge on any atom is -0.300 e. The van der Waals surface area contributed by atoms with Crippen molar-refractivity contribution in [2.24, 2.45) is 0 Å². The summed E-state index contributed by atoms with van der Waals surface area (Å²) < 4.78 is 1.31. The van der Waals surface area contributed by atoms with Gasteiger partial charge in [0.1, 0.15) is 0 Å². The van der Waals surface area contributed by atoms with E-state index in [0.717, 1.165) is 30.2 Å². The van der Waals surface area contributed by atoms with Crippen LogP contribution in [-0.2, 0) is 6.54 Å². The van der Waals surface area contributed by atoms with Gasteiger partial charge in [0.25, 0.3) is 0 Å². The van der Waals surface area contributed by atoms with E-state index in [0.29, 0.717) is 0 Å². The van der Waals surface area contributed by atoms with Crippen molar-refractivity contribution < 1.29 is 0 Å². The molecule has 86 valence electrons. The maximum atomic E-state index is 4.48. The minimum atomic E-state index is 1.04. The summed E-state index contributed by atoms with van der Waals surface area (Å²) in [5.41, 5.74) is 2.52. The molecule has 0 saturated heterocycles. The van der Waals surface area contributed by atoms with E-state index in [1.54, 1.807) is 11.3 Å². The van der Waals surface area contributed by atoms with Crippen molar-refractivity contribution in [3.8, 4) is 0 Å². The van der Waals surface area contributed by atoms with Crippen LogP contribution < -0.4 is 0 Å². The molecule has 16 heavy (non-hydrogen) atoms. The summed E-state index contributed by atoms with van der Waals surface area (Å²) in [6.07, 6.45) is 0. The van der Waals surface area contributed by atoms with E-state index in [1.165, 1.54) is 10.3 Å². The van der Waals surface area contributed by atoms with E-state index >= 15 is 0 Å². The number of fused-ring (bicyclic) bond motifs is 1. The monoisotopic (exact) mass is 234 g/mol. The Balaban J connectivity index is 2.24. The summed E-state index contributed by atoms with van der Waals surface area (Å²) in [4.78, 5) is 6.90. The smallest absolute Gasteiger partial charge is 0.0907 e. The molecular formula is C13H18N2S. The molecule has 1 aromatic heterocycles. The van der Waals surface area contributed by atoms with Gasteiger partial charge in [0, 0.05) is 6.54 Å². The molecule has 2 nitrogen and oxygen atoms in total. The summed E-state index contributed by atoms with van der Waals surface area (Å²) >= 11 is 1.78. The third-order valence-electron chi connectivity index (χ3n) is 2.86. The molecule has 0 aliphatic heterocycles. The molecule has 0 atom stereocenters. The van der Waals surface area contributed by atoms with Crippen LogP contribution in [0, 0.1) is 6.92 Å². The lowest BCUT2D eigenvalue weighted by Crippen LogP contribution is -2.21. The first-order chi connectivity index (χ1) is 7.72. The zero-order valence-corrected chi connectivity index (χ0v) is 11.0. The molecule has 3 heteroatoms. The molecular weight excluding hydrogens is 216 g/mol. The lowest BCUT2D eigenvalue weighted by Gasteiger charge is -2.17. The van der Waals surface area contributed by atoms with Crippen LogP contribution >= 0.6 is 11.3 Å². The highest BCUT2D eigenvalue weighted by molar-refractivity contribution is 7.18. The number of thiazole rings is 1. The standard InChI is InChI=1S/C13H18N2S/c1-4-15(5-2)9-11-6-7-12-13(8-11)16-10(3)14-12/h6-8H,4-5,9H2,1-3H3. The normalized spacial score (nSPS) is 11.5. The van der Waals surface area contributed by atoms with Crippen LogP contribution in [0.1, 0.15) is 24.4 Å². The van der Waals surface area contributed by atoms with Gasteiger partial charge in [-0.15, -0.1) is 11.3 Å². The predicted octanol–water partition coefficient (Wildman–Crippen LogP) is 3.45. The first-order valence-corrected chi connectivity index (χ1v) is 6.63. The van der Waals surface area contributed by atoms with Gasteiger partial charge in [0.2, 0.25) is 0 Å². The first-order valence-electron chi connectivity index (χ1n) is 5.81. The SMILES string of the molecule is CCN(CC)Cc1ccc2nc(C)sc2c1. The van der Waals surface area contributed by atoms with Gasteiger partial charge >= 0.3 is 0 Å². The number of rotatable bonds is 4. The van der Waals surface area contributed by atoms with Gasteiger partial charge in [-0.25, -0.2) is 4.98 Å². The predicted molar refractivity (Wildman–Crippen MR) is 71.0 cm³/mol. The number of hydrogen-bond acceptors (Lipinski definition) is 3. The van der Waals surface area contributed by atoms with E-state index < -0.39 is 0 Å². The van der Waals surface area contributed by atoms with Gasteiger partial charge in [0.15, 0.2) is 0 Å². The highest BCUT2D eigenvalue weighted by Crippen LogP contribution is 2.23. The van der Waals surface area contributed by atoms with Gasteiger partial charge in [0.05, 0.1) is 15.2 Å². The third kappa shape index (κ3) is 2.42. The van der Waals surface area contributed by atoms with Gasteiger partial charge in [-0.3, -0.25) is 4.90 Å². The Morgan fingerprint density at radius 1 is 1.25 bits per heavy atom. The van der Waals surface area contributed by atoms with E-state index in [9.17, 15) is 0 Å². The van der Waals surface area contributed by atoms with Gasteiger partial charge in [-0.1, -0.05) is 19.9 Å². The van der Waals surface area contributed by atoms with Crippen LogP contribution in [-0.4, -0.2) is 23.0 Å². The molecule has 0 N–H and O–H groups in total. The van der Waals surface area contributed by atoms with Crippen LogP contribution in [0.4, 0.5) is 0 Å². The highest BCUT2D eigenvalue weighted by atomic mass is 32.1. The van der Waals surface area contributed by atoms with Crippen LogP contribution in [0.5, 0.6) is 0 Å². The topological polar surface area (TPSA) is 16.1 Å². The fourth-order valence-corrected chi connectivity index (χ4v) is 2.78. The molecule has 0 radical (unpaired) electrons. The molecule has 0 amide bonds. The van der Waals surface area contributed by atoms with Crippen molar-refractivity contribution in [1.29, 1.82) is 0 Å². The molecule has 0 aliphatic carbocycles. The second-order valence-electron chi connectivity index (χ2n) is 4.00. The molecule has 0 fully saturated rings. The summed E-state index contributed by atoms with van der Waals surface area (Å²) in [6, 6.07) is 6.61. The number of hydrogen-bond donors (Lipinski definition) is 0. The van der Waals surface area contributed by atoms with Crippen molar-refractivity contribution in [2.45, 2.75) is 27.3 Å². The summed E-state index contributed by atoms with van der Waals surface area (Å²) in [7, 11) is 0. The van der Waals surface area contributed by atoms with E-state index in [2.05, 4.69) is 48.9 Å². The molecule has 0 spiro atoms. The molecule has 1 aromatic carbocycles. The maximum absolute atomic E-state index is 4.48. The Kier molecular flexibility index (Phi) is 3.56. The average molecular weight is 234 g/mol. The Labute approximate surface area is 101 Å². The zero-order chi connectivity index (χ0) is 11.5. The second-order valence-corrected chi connectivity index (χ2v) is 5.23. The van der Waals surface area contributed by atoms with Crippen LogP contribution in [0.25, 0.3) is 10.2 Å². The Hall–Kier alpha value is -0.930. The Morgan fingerprint density at radius 3 is 2.69 bits per heavy atom. The molecule has 1 heterocycles. The molecule has 0 aliphatic rings. The number of nitrogens with zero attached hydrogens (tertiary/aromatic N) is 2. The van der Waals surface area contributed by atoms with Crippen molar-refractivity contribution in [1.82, 2.24) is 9.88 Å². The molecule has 2 aromatic rings. The highest BCUT2D eigenvalue weighted by Gasteiger charge is 2.04. The van der Waals surface area contributed by atoms with Crippen LogP contribution in [0.2, 0.25) is 0 Å². The zero-order valence-electron chi connectivity index (χ0n) is 10.2. The van der Waals surface area contributed by atoms with Crippen molar-refractivity contribution in [3.05, 3.63) is 28.8 Å². The second kappa shape index (κ2) is 4.93. The molecule has 0 bridgehead atoms. The molecule has 0 unspecified atom stereocenters. The lowest BCUT2D eigenvalue weighted by molar-refractivity contribution is 0.296. The lowest BCUT2D eigenvalue weighted by atomic mass is 10.2. The first kappa shape index (κ1) is 11.6. The van der Waals surface area contributed by atoms with E-state index in [4.69, 9.17) is 0 Å². The molecule has 0 saturated carbocycles. The number of aromatic nitrogens is 1. The Morgan fingerprint density at radius 2 is 2.00 bits per heavy atom. The largest absolute Gasteiger partial charge is 0.300 e. The van der Waals surface area contributed by atoms with Crippen LogP contribution in [0.15, 0.2) is 18.2 Å². The third-order valence-corrected chi connectivity index (χ3v) is 3.79. The van der Waals surface area contributed by atoms with Crippen molar-refractivity contribution in [2.75, 3.05) is 13.1 Å².